The van der Waals surface area contributed by atoms with Crippen molar-refractivity contribution in [1.29, 1.82) is 0 Å². The van der Waals surface area contributed by atoms with Crippen molar-refractivity contribution in [3.63, 3.8) is 0 Å². The van der Waals surface area contributed by atoms with Gasteiger partial charge >= 0.3 is 0 Å². The Labute approximate surface area is 117 Å². The van der Waals surface area contributed by atoms with E-state index in [2.05, 4.69) is 18.8 Å². The van der Waals surface area contributed by atoms with Crippen LogP contribution in [0.15, 0.2) is 42.7 Å². The third kappa shape index (κ3) is 1.81. The zero-order chi connectivity index (χ0) is 14.3. The molecule has 1 aromatic heterocycles. The van der Waals surface area contributed by atoms with E-state index in [4.69, 9.17) is 0 Å². The Hall–Kier alpha value is -2.49. The number of carbonyl (C=O) groups excluding carboxylic acids is 2. The van der Waals surface area contributed by atoms with Crippen LogP contribution in [-0.2, 0) is 0 Å². The molecule has 1 aliphatic heterocycles. The van der Waals surface area contributed by atoms with Crippen LogP contribution in [0, 0.1) is 0 Å². The number of nitrogens with zero attached hydrogens (tertiary/aromatic N) is 2. The Morgan fingerprint density at radius 1 is 0.950 bits per heavy atom. The number of imide groups is 1. The van der Waals surface area contributed by atoms with E-state index in [0.717, 1.165) is 0 Å². The number of pyridine rings is 1. The molecule has 3 rings (SSSR count). The van der Waals surface area contributed by atoms with Gasteiger partial charge in [-0.2, -0.15) is 0 Å². The molecular weight excluding hydrogens is 252 g/mol. The molecule has 0 spiro atoms. The molecule has 1 aliphatic rings. The molecular formula is C16H14N2O2. The number of hydrogen-bond donors (Lipinski definition) is 0. The normalized spacial score (nSPS) is 14.1. The van der Waals surface area contributed by atoms with Gasteiger partial charge in [-0.1, -0.05) is 26.0 Å². The van der Waals surface area contributed by atoms with Crippen molar-refractivity contribution in [2.75, 3.05) is 4.90 Å². The fraction of sp³-hybridized carbons (Fsp3) is 0.188. The summed E-state index contributed by atoms with van der Waals surface area (Å²) in [6.07, 6.45) is 2.97. The summed E-state index contributed by atoms with van der Waals surface area (Å²) < 4.78 is 0. The number of amides is 2. The fourth-order valence-electron chi connectivity index (χ4n) is 2.33. The molecule has 0 unspecified atom stereocenters. The first-order valence-corrected chi connectivity index (χ1v) is 6.52. The summed E-state index contributed by atoms with van der Waals surface area (Å²) in [6.45, 7) is 4.20. The molecule has 20 heavy (non-hydrogen) atoms. The summed E-state index contributed by atoms with van der Waals surface area (Å²) in [7, 11) is 0. The lowest BCUT2D eigenvalue weighted by Crippen LogP contribution is -2.29. The van der Waals surface area contributed by atoms with Crippen molar-refractivity contribution in [1.82, 2.24) is 4.98 Å². The standard InChI is InChI=1S/C16H14N2O2/c1-10(2)11-3-5-12(6-4-11)18-15(19)13-7-8-17-9-14(13)16(18)20/h3-10H,1-2H3. The molecule has 2 amide bonds. The topological polar surface area (TPSA) is 50.3 Å². The van der Waals surface area contributed by atoms with E-state index in [1.54, 1.807) is 6.07 Å². The van der Waals surface area contributed by atoms with Crippen LogP contribution in [0.25, 0.3) is 0 Å². The molecule has 0 fully saturated rings. The molecule has 0 saturated heterocycles. The lowest BCUT2D eigenvalue weighted by Gasteiger charge is -2.15. The Bertz CT molecular complexity index is 655. The van der Waals surface area contributed by atoms with E-state index >= 15 is 0 Å². The maximum atomic E-state index is 12.3. The third-order valence-corrected chi connectivity index (χ3v) is 3.51. The van der Waals surface area contributed by atoms with Crippen molar-refractivity contribution in [3.05, 3.63) is 59.4 Å². The molecule has 100 valence electrons. The molecule has 2 heterocycles. The molecule has 0 aliphatic carbocycles. The molecule has 0 bridgehead atoms. The lowest BCUT2D eigenvalue weighted by molar-refractivity contribution is 0.0926. The maximum Gasteiger partial charge on any atom is 0.267 e. The number of benzene rings is 1. The first-order valence-electron chi connectivity index (χ1n) is 6.52. The van der Waals surface area contributed by atoms with Crippen LogP contribution < -0.4 is 4.90 Å². The van der Waals surface area contributed by atoms with Gasteiger partial charge in [0.25, 0.3) is 11.8 Å². The molecule has 0 saturated carbocycles. The fourth-order valence-corrected chi connectivity index (χ4v) is 2.33. The average molecular weight is 266 g/mol. The highest BCUT2D eigenvalue weighted by atomic mass is 16.2. The summed E-state index contributed by atoms with van der Waals surface area (Å²) in [5, 5.41) is 0. The predicted molar refractivity (Wildman–Crippen MR) is 75.9 cm³/mol. The highest BCUT2D eigenvalue weighted by Gasteiger charge is 2.36. The van der Waals surface area contributed by atoms with E-state index < -0.39 is 0 Å². The first-order chi connectivity index (χ1) is 9.59. The zero-order valence-electron chi connectivity index (χ0n) is 11.3. The van der Waals surface area contributed by atoms with Gasteiger partial charge in [-0.3, -0.25) is 14.6 Å². The number of rotatable bonds is 2. The van der Waals surface area contributed by atoms with Crippen LogP contribution in [0.2, 0.25) is 0 Å². The van der Waals surface area contributed by atoms with Crippen molar-refractivity contribution < 1.29 is 9.59 Å². The van der Waals surface area contributed by atoms with Gasteiger partial charge in [0, 0.05) is 12.4 Å². The molecule has 1 aromatic carbocycles. The van der Waals surface area contributed by atoms with Crippen molar-refractivity contribution in [2.45, 2.75) is 19.8 Å². The molecule has 4 heteroatoms. The summed E-state index contributed by atoms with van der Waals surface area (Å²) in [6, 6.07) is 9.09. The molecule has 0 N–H and O–H groups in total. The monoisotopic (exact) mass is 266 g/mol. The van der Waals surface area contributed by atoms with Crippen molar-refractivity contribution in [3.8, 4) is 0 Å². The van der Waals surface area contributed by atoms with E-state index in [9.17, 15) is 9.59 Å². The Kier molecular flexibility index (Phi) is 2.86. The van der Waals surface area contributed by atoms with Crippen LogP contribution in [-0.4, -0.2) is 16.8 Å². The number of fused-ring (bicyclic) bond motifs is 1. The van der Waals surface area contributed by atoms with Crippen LogP contribution in [0.3, 0.4) is 0 Å². The average Bonchev–Trinajstić information content (AvgIpc) is 2.72. The second-order valence-corrected chi connectivity index (χ2v) is 5.11. The summed E-state index contributed by atoms with van der Waals surface area (Å²) >= 11 is 0. The first kappa shape index (κ1) is 12.5. The largest absolute Gasteiger partial charge is 0.268 e. The van der Waals surface area contributed by atoms with Crippen LogP contribution in [0.1, 0.15) is 46.0 Å². The summed E-state index contributed by atoms with van der Waals surface area (Å²) in [4.78, 5) is 29.7. The smallest absolute Gasteiger partial charge is 0.267 e. The lowest BCUT2D eigenvalue weighted by atomic mass is 10.0. The molecule has 0 radical (unpaired) electrons. The van der Waals surface area contributed by atoms with Gasteiger partial charge in [0.1, 0.15) is 0 Å². The Morgan fingerprint density at radius 3 is 2.20 bits per heavy atom. The number of hydrogen-bond acceptors (Lipinski definition) is 3. The SMILES string of the molecule is CC(C)c1ccc(N2C(=O)c3ccncc3C2=O)cc1. The highest BCUT2D eigenvalue weighted by molar-refractivity contribution is 6.34. The van der Waals surface area contributed by atoms with Gasteiger partial charge in [-0.05, 0) is 29.7 Å². The minimum absolute atomic E-state index is 0.287. The van der Waals surface area contributed by atoms with Gasteiger partial charge in [-0.15, -0.1) is 0 Å². The predicted octanol–water partition coefficient (Wildman–Crippen LogP) is 3.01. The molecule has 0 atom stereocenters. The Morgan fingerprint density at radius 2 is 1.60 bits per heavy atom. The zero-order valence-corrected chi connectivity index (χ0v) is 11.3. The highest BCUT2D eigenvalue weighted by Crippen LogP contribution is 2.28. The minimum atomic E-state index is -0.310. The van der Waals surface area contributed by atoms with Gasteiger partial charge in [0.2, 0.25) is 0 Å². The maximum absolute atomic E-state index is 12.3. The summed E-state index contributed by atoms with van der Waals surface area (Å²) in [5.74, 6) is -0.185. The van der Waals surface area contributed by atoms with E-state index in [1.807, 2.05) is 24.3 Å². The van der Waals surface area contributed by atoms with E-state index in [1.165, 1.54) is 22.9 Å². The van der Waals surface area contributed by atoms with Crippen LogP contribution in [0.5, 0.6) is 0 Å². The number of anilines is 1. The number of carbonyl (C=O) groups is 2. The summed E-state index contributed by atoms with van der Waals surface area (Å²) in [5.41, 5.74) is 2.55. The quantitative estimate of drug-likeness (QED) is 0.785. The second kappa shape index (κ2) is 4.56. The number of aromatic nitrogens is 1. The third-order valence-electron chi connectivity index (χ3n) is 3.51. The van der Waals surface area contributed by atoms with Crippen LogP contribution >= 0.6 is 0 Å². The van der Waals surface area contributed by atoms with E-state index in [0.29, 0.717) is 22.7 Å². The minimum Gasteiger partial charge on any atom is -0.268 e. The molecule has 4 nitrogen and oxygen atoms in total. The Balaban J connectivity index is 2.00. The molecule has 2 aromatic rings. The van der Waals surface area contributed by atoms with E-state index in [-0.39, 0.29) is 11.8 Å². The van der Waals surface area contributed by atoms with Gasteiger partial charge in [0.15, 0.2) is 0 Å². The van der Waals surface area contributed by atoms with Gasteiger partial charge in [-0.25, -0.2) is 4.90 Å². The van der Waals surface area contributed by atoms with Crippen molar-refractivity contribution in [2.24, 2.45) is 0 Å². The van der Waals surface area contributed by atoms with Crippen molar-refractivity contribution >= 4 is 17.5 Å². The van der Waals surface area contributed by atoms with Crippen LogP contribution in [0.4, 0.5) is 5.69 Å². The van der Waals surface area contributed by atoms with Gasteiger partial charge in [0.05, 0.1) is 16.8 Å². The van der Waals surface area contributed by atoms with Gasteiger partial charge < -0.3 is 0 Å². The second-order valence-electron chi connectivity index (χ2n) is 5.11.